The molecule has 0 aliphatic heterocycles. The van der Waals surface area contributed by atoms with Gasteiger partial charge >= 0.3 is 0 Å². The summed E-state index contributed by atoms with van der Waals surface area (Å²) in [5.41, 5.74) is 1.17. The van der Waals surface area contributed by atoms with E-state index in [1.807, 2.05) is 24.5 Å². The highest BCUT2D eigenvalue weighted by atomic mass is 32.2. The lowest BCUT2D eigenvalue weighted by molar-refractivity contribution is 0.125. The number of hydrogen-bond acceptors (Lipinski definition) is 7. The molecule has 1 fully saturated rings. The third-order valence-corrected chi connectivity index (χ3v) is 6.97. The highest BCUT2D eigenvalue weighted by Gasteiger charge is 2.48. The maximum Gasteiger partial charge on any atom is 0.203 e. The van der Waals surface area contributed by atoms with E-state index in [9.17, 15) is 5.11 Å². The summed E-state index contributed by atoms with van der Waals surface area (Å²) in [7, 11) is 6.46. The number of benzene rings is 2. The summed E-state index contributed by atoms with van der Waals surface area (Å²) in [6.45, 7) is 2.69. The van der Waals surface area contributed by atoms with Gasteiger partial charge in [0.05, 0.1) is 51.5 Å². The minimum absolute atomic E-state index is 0.519. The molecule has 1 N–H and O–H groups in total. The van der Waals surface area contributed by atoms with Crippen molar-refractivity contribution in [2.45, 2.75) is 49.0 Å². The maximum absolute atomic E-state index is 11.4. The molecule has 0 saturated heterocycles. The van der Waals surface area contributed by atoms with Crippen LogP contribution in [0.15, 0.2) is 29.2 Å². The lowest BCUT2D eigenvalue weighted by Gasteiger charge is -2.36. The first-order chi connectivity index (χ1) is 15.5. The van der Waals surface area contributed by atoms with Crippen LogP contribution in [0.2, 0.25) is 0 Å². The van der Waals surface area contributed by atoms with Crippen molar-refractivity contribution in [1.82, 2.24) is 0 Å². The molecule has 3 rings (SSSR count). The van der Waals surface area contributed by atoms with Gasteiger partial charge in [-0.1, -0.05) is 13.0 Å². The molecular formula is C25H34O6S. The van der Waals surface area contributed by atoms with Crippen LogP contribution in [0, 0.1) is 0 Å². The fraction of sp³-hybridized carbons (Fsp3) is 0.520. The largest absolute Gasteiger partial charge is 0.493 e. The standard InChI is InChI=1S/C25H34O6S/c1-7-13-31-23-19(28-3)14-16(15-20(23)32-6)25(12-8-9-21(25)26)17-10-11-18(27-2)24(30-5)22(17)29-4/h10-11,14-15,21,26H,7-9,12-13H2,1-6H3. The van der Waals surface area contributed by atoms with Gasteiger partial charge in [-0.3, -0.25) is 0 Å². The Labute approximate surface area is 195 Å². The Morgan fingerprint density at radius 3 is 2.22 bits per heavy atom. The highest BCUT2D eigenvalue weighted by molar-refractivity contribution is 7.98. The van der Waals surface area contributed by atoms with Gasteiger partial charge in [-0.25, -0.2) is 0 Å². The molecule has 176 valence electrons. The lowest BCUT2D eigenvalue weighted by Crippen LogP contribution is -2.36. The molecule has 0 radical (unpaired) electrons. The normalized spacial score (nSPS) is 20.2. The van der Waals surface area contributed by atoms with Crippen molar-refractivity contribution < 1.29 is 28.8 Å². The Kier molecular flexibility index (Phi) is 8.06. The van der Waals surface area contributed by atoms with Gasteiger partial charge in [0.1, 0.15) is 0 Å². The molecule has 6 nitrogen and oxygen atoms in total. The van der Waals surface area contributed by atoms with Crippen molar-refractivity contribution in [3.05, 3.63) is 35.4 Å². The monoisotopic (exact) mass is 462 g/mol. The van der Waals surface area contributed by atoms with Crippen molar-refractivity contribution in [3.8, 4) is 28.7 Å². The number of aliphatic hydroxyl groups excluding tert-OH is 1. The van der Waals surface area contributed by atoms with E-state index in [0.29, 0.717) is 36.0 Å². The first kappa shape index (κ1) is 24.4. The molecule has 2 unspecified atom stereocenters. The van der Waals surface area contributed by atoms with E-state index in [4.69, 9.17) is 23.7 Å². The van der Waals surface area contributed by atoms with Gasteiger partial charge in [-0.2, -0.15) is 0 Å². The van der Waals surface area contributed by atoms with Crippen LogP contribution in [-0.4, -0.2) is 52.5 Å². The number of rotatable bonds is 10. The fourth-order valence-corrected chi connectivity index (χ4v) is 5.32. The number of thioether (sulfide) groups is 1. The SMILES string of the molecule is CCCOc1c(OC)cc(C2(c3ccc(OC)c(OC)c3OC)CCCC2O)cc1SC. The number of ether oxygens (including phenoxy) is 5. The highest BCUT2D eigenvalue weighted by Crippen LogP contribution is 2.55. The molecule has 7 heteroatoms. The van der Waals surface area contributed by atoms with Crippen LogP contribution < -0.4 is 23.7 Å². The van der Waals surface area contributed by atoms with E-state index < -0.39 is 11.5 Å². The van der Waals surface area contributed by atoms with Crippen LogP contribution in [0.5, 0.6) is 28.7 Å². The summed E-state index contributed by atoms with van der Waals surface area (Å²) < 4.78 is 28.7. The van der Waals surface area contributed by atoms with Gasteiger partial charge < -0.3 is 28.8 Å². The van der Waals surface area contributed by atoms with Gasteiger partial charge in [0.15, 0.2) is 23.0 Å². The predicted molar refractivity (Wildman–Crippen MR) is 127 cm³/mol. The fourth-order valence-electron chi connectivity index (χ4n) is 4.73. The third kappa shape index (κ3) is 4.08. The van der Waals surface area contributed by atoms with Gasteiger partial charge in [0.25, 0.3) is 0 Å². The molecule has 32 heavy (non-hydrogen) atoms. The molecule has 0 aromatic heterocycles. The van der Waals surface area contributed by atoms with Crippen LogP contribution in [0.25, 0.3) is 0 Å². The Bertz CT molecular complexity index is 906. The molecule has 1 aliphatic carbocycles. The van der Waals surface area contributed by atoms with Crippen LogP contribution in [0.4, 0.5) is 0 Å². The smallest absolute Gasteiger partial charge is 0.203 e. The molecule has 2 aromatic rings. The van der Waals surface area contributed by atoms with E-state index in [1.165, 1.54) is 0 Å². The predicted octanol–water partition coefficient (Wildman–Crippen LogP) is 5.06. The second-order valence-electron chi connectivity index (χ2n) is 7.82. The zero-order valence-corrected chi connectivity index (χ0v) is 20.6. The van der Waals surface area contributed by atoms with E-state index in [-0.39, 0.29) is 0 Å². The minimum atomic E-state index is -0.675. The van der Waals surface area contributed by atoms with E-state index in [2.05, 4.69) is 13.0 Å². The Balaban J connectivity index is 2.29. The van der Waals surface area contributed by atoms with Crippen molar-refractivity contribution in [2.24, 2.45) is 0 Å². The van der Waals surface area contributed by atoms with Crippen LogP contribution in [0.1, 0.15) is 43.7 Å². The van der Waals surface area contributed by atoms with Crippen LogP contribution in [0.3, 0.4) is 0 Å². The third-order valence-electron chi connectivity index (χ3n) is 6.23. The molecule has 1 aliphatic rings. The summed E-state index contributed by atoms with van der Waals surface area (Å²) in [5, 5.41) is 11.4. The molecule has 0 heterocycles. The molecule has 0 bridgehead atoms. The summed E-state index contributed by atoms with van der Waals surface area (Å²) >= 11 is 1.60. The summed E-state index contributed by atoms with van der Waals surface area (Å²) in [6, 6.07) is 7.95. The second-order valence-corrected chi connectivity index (χ2v) is 8.67. The second kappa shape index (κ2) is 10.6. The zero-order valence-electron chi connectivity index (χ0n) is 19.8. The van der Waals surface area contributed by atoms with E-state index in [1.54, 1.807) is 40.2 Å². The molecule has 2 atom stereocenters. The molecule has 1 saturated carbocycles. The molecule has 0 spiro atoms. The van der Waals surface area contributed by atoms with Gasteiger partial charge in [-0.15, -0.1) is 11.8 Å². The van der Waals surface area contributed by atoms with Crippen molar-refractivity contribution in [2.75, 3.05) is 41.3 Å². The van der Waals surface area contributed by atoms with E-state index >= 15 is 0 Å². The average Bonchev–Trinajstić information content (AvgIpc) is 3.22. The van der Waals surface area contributed by atoms with Gasteiger partial charge in [0, 0.05) is 5.56 Å². The Hall–Kier alpha value is -2.25. The van der Waals surface area contributed by atoms with Crippen molar-refractivity contribution in [1.29, 1.82) is 0 Å². The number of aliphatic hydroxyl groups is 1. The lowest BCUT2D eigenvalue weighted by atomic mass is 9.71. The van der Waals surface area contributed by atoms with Gasteiger partial charge in [-0.05, 0) is 55.7 Å². The average molecular weight is 463 g/mol. The molecule has 2 aromatic carbocycles. The maximum atomic E-state index is 11.4. The summed E-state index contributed by atoms with van der Waals surface area (Å²) in [5.74, 6) is 3.09. The number of methoxy groups -OCH3 is 4. The first-order valence-electron chi connectivity index (χ1n) is 10.9. The van der Waals surface area contributed by atoms with Crippen molar-refractivity contribution in [3.63, 3.8) is 0 Å². The van der Waals surface area contributed by atoms with Gasteiger partial charge in [0.2, 0.25) is 5.75 Å². The molecular weight excluding hydrogens is 428 g/mol. The Morgan fingerprint density at radius 2 is 1.69 bits per heavy atom. The van der Waals surface area contributed by atoms with Crippen molar-refractivity contribution >= 4 is 11.8 Å². The topological polar surface area (TPSA) is 66.4 Å². The summed E-state index contributed by atoms with van der Waals surface area (Å²) in [4.78, 5) is 0.978. The summed E-state index contributed by atoms with van der Waals surface area (Å²) in [6.07, 6.45) is 4.70. The number of hydrogen-bond donors (Lipinski definition) is 1. The van der Waals surface area contributed by atoms with E-state index in [0.717, 1.165) is 41.0 Å². The Morgan fingerprint density at radius 1 is 0.969 bits per heavy atom. The zero-order chi connectivity index (χ0) is 23.3. The van der Waals surface area contributed by atoms with Crippen LogP contribution in [-0.2, 0) is 5.41 Å². The first-order valence-corrected chi connectivity index (χ1v) is 12.1. The molecule has 0 amide bonds. The van der Waals surface area contributed by atoms with Crippen LogP contribution >= 0.6 is 11.8 Å². The minimum Gasteiger partial charge on any atom is -0.493 e. The quantitative estimate of drug-likeness (QED) is 0.495.